The predicted molar refractivity (Wildman–Crippen MR) is 160 cm³/mol. The van der Waals surface area contributed by atoms with Crippen LogP contribution in [0.5, 0.6) is 11.5 Å². The normalized spacial score (nSPS) is 12.0. The summed E-state index contributed by atoms with van der Waals surface area (Å²) in [6.45, 7) is 4.15. The van der Waals surface area contributed by atoms with E-state index < -0.39 is 5.92 Å². The van der Waals surface area contributed by atoms with Crippen LogP contribution in [0.2, 0.25) is 0 Å². The number of aromatic nitrogens is 4. The molecular formula is C30H34N8O3. The van der Waals surface area contributed by atoms with Crippen molar-refractivity contribution in [3.8, 4) is 11.5 Å². The lowest BCUT2D eigenvalue weighted by Crippen LogP contribution is -2.27. The number of amides is 1. The zero-order valence-electron chi connectivity index (χ0n) is 23.8. The van der Waals surface area contributed by atoms with Crippen LogP contribution in [0.25, 0.3) is 11.0 Å². The molecule has 0 bridgehead atoms. The second-order valence-electron chi connectivity index (χ2n) is 9.91. The Labute approximate surface area is 239 Å². The molecule has 2 N–H and O–H groups in total. The first kappa shape index (κ1) is 29.1. The SMILES string of the molecule is CN=CC(C(=N)COc1cccc(OCC(=O)N(C)C)c1)c1cnc2ccc(Nc3cc(C(C)C)cnn3)nc2c1. The number of carbonyl (C=O) groups is 1. The number of rotatable bonds is 12. The first-order valence-corrected chi connectivity index (χ1v) is 13.1. The van der Waals surface area contributed by atoms with E-state index in [4.69, 9.17) is 19.9 Å². The molecule has 11 heteroatoms. The lowest BCUT2D eigenvalue weighted by molar-refractivity contribution is -0.130. The van der Waals surface area contributed by atoms with Crippen molar-refractivity contribution in [2.75, 3.05) is 39.7 Å². The molecule has 4 rings (SSSR count). The zero-order valence-corrected chi connectivity index (χ0v) is 23.8. The Morgan fingerprint density at radius 2 is 1.76 bits per heavy atom. The summed E-state index contributed by atoms with van der Waals surface area (Å²) in [7, 11) is 5.01. The number of fused-ring (bicyclic) bond motifs is 1. The Kier molecular flexibility index (Phi) is 9.51. The summed E-state index contributed by atoms with van der Waals surface area (Å²) in [6, 6.07) is 14.6. The molecule has 11 nitrogen and oxygen atoms in total. The summed E-state index contributed by atoms with van der Waals surface area (Å²) in [4.78, 5) is 26.7. The van der Waals surface area contributed by atoms with Gasteiger partial charge in [-0.25, -0.2) is 4.98 Å². The fourth-order valence-electron chi connectivity index (χ4n) is 3.86. The van der Waals surface area contributed by atoms with Crippen LogP contribution < -0.4 is 14.8 Å². The number of ether oxygens (including phenoxy) is 2. The van der Waals surface area contributed by atoms with Crippen molar-refractivity contribution in [1.82, 2.24) is 25.1 Å². The van der Waals surface area contributed by atoms with Crippen molar-refractivity contribution in [3.05, 3.63) is 72.1 Å². The molecule has 0 aliphatic rings. The maximum Gasteiger partial charge on any atom is 0.259 e. The van der Waals surface area contributed by atoms with Crippen molar-refractivity contribution in [2.24, 2.45) is 4.99 Å². The molecule has 1 unspecified atom stereocenters. The third-order valence-corrected chi connectivity index (χ3v) is 6.25. The number of hydrogen-bond acceptors (Lipinski definition) is 10. The average molecular weight is 555 g/mol. The van der Waals surface area contributed by atoms with E-state index >= 15 is 0 Å². The van der Waals surface area contributed by atoms with Gasteiger partial charge < -0.3 is 25.1 Å². The Bertz CT molecular complexity index is 1550. The van der Waals surface area contributed by atoms with Gasteiger partial charge in [-0.05, 0) is 53.4 Å². The molecule has 41 heavy (non-hydrogen) atoms. The van der Waals surface area contributed by atoms with E-state index in [0.29, 0.717) is 40.3 Å². The van der Waals surface area contributed by atoms with E-state index in [0.717, 1.165) is 16.6 Å². The molecule has 0 spiro atoms. The van der Waals surface area contributed by atoms with Crippen LogP contribution in [0.4, 0.5) is 11.6 Å². The fourth-order valence-corrected chi connectivity index (χ4v) is 3.86. The minimum absolute atomic E-state index is 0.0225. The molecule has 0 radical (unpaired) electrons. The van der Waals surface area contributed by atoms with Crippen LogP contribution in [0, 0.1) is 5.41 Å². The number of hydrogen-bond donors (Lipinski definition) is 2. The van der Waals surface area contributed by atoms with Gasteiger partial charge in [-0.15, -0.1) is 5.10 Å². The van der Waals surface area contributed by atoms with E-state index in [9.17, 15) is 4.79 Å². The molecule has 0 fully saturated rings. The largest absolute Gasteiger partial charge is 0.488 e. The van der Waals surface area contributed by atoms with Crippen LogP contribution >= 0.6 is 0 Å². The summed E-state index contributed by atoms with van der Waals surface area (Å²) in [5.41, 5.74) is 3.53. The number of pyridine rings is 2. The van der Waals surface area contributed by atoms with E-state index in [2.05, 4.69) is 39.3 Å². The topological polar surface area (TPSA) is 139 Å². The van der Waals surface area contributed by atoms with Gasteiger partial charge in [0.25, 0.3) is 5.91 Å². The van der Waals surface area contributed by atoms with Crippen LogP contribution in [0.15, 0.2) is 65.9 Å². The molecule has 212 valence electrons. The summed E-state index contributed by atoms with van der Waals surface area (Å²) >= 11 is 0. The van der Waals surface area contributed by atoms with Crippen molar-refractivity contribution in [3.63, 3.8) is 0 Å². The first-order chi connectivity index (χ1) is 19.7. The molecule has 4 aromatic rings. The highest BCUT2D eigenvalue weighted by Gasteiger charge is 2.18. The van der Waals surface area contributed by atoms with E-state index in [1.165, 1.54) is 4.90 Å². The van der Waals surface area contributed by atoms with Crippen LogP contribution in [0.3, 0.4) is 0 Å². The lowest BCUT2D eigenvalue weighted by atomic mass is 9.96. The zero-order chi connectivity index (χ0) is 29.4. The van der Waals surface area contributed by atoms with Gasteiger partial charge in [0.2, 0.25) is 0 Å². The third kappa shape index (κ3) is 7.81. The summed E-state index contributed by atoms with van der Waals surface area (Å²) in [5.74, 6) is 1.98. The molecule has 0 saturated carbocycles. The van der Waals surface area contributed by atoms with Crippen molar-refractivity contribution < 1.29 is 14.3 Å². The third-order valence-electron chi connectivity index (χ3n) is 6.25. The van der Waals surface area contributed by atoms with Crippen molar-refractivity contribution in [2.45, 2.75) is 25.7 Å². The molecule has 1 atom stereocenters. The highest BCUT2D eigenvalue weighted by atomic mass is 16.5. The van der Waals surface area contributed by atoms with Gasteiger partial charge in [-0.1, -0.05) is 19.9 Å². The van der Waals surface area contributed by atoms with Gasteiger partial charge in [0.05, 0.1) is 28.9 Å². The minimum atomic E-state index is -0.457. The number of aliphatic imine (C=N–C) groups is 1. The molecule has 3 aromatic heterocycles. The molecule has 0 aliphatic heterocycles. The molecule has 1 amide bonds. The Hall–Kier alpha value is -4.93. The molecule has 0 saturated heterocycles. The summed E-state index contributed by atoms with van der Waals surface area (Å²) in [5, 5.41) is 20.2. The fraction of sp³-hybridized carbons (Fsp3) is 0.300. The van der Waals surface area contributed by atoms with Gasteiger partial charge in [0.1, 0.15) is 23.9 Å². The van der Waals surface area contributed by atoms with Gasteiger partial charge in [0.15, 0.2) is 12.4 Å². The Morgan fingerprint density at radius 1 is 1.00 bits per heavy atom. The van der Waals surface area contributed by atoms with Crippen molar-refractivity contribution in [1.29, 1.82) is 5.41 Å². The Balaban J connectivity index is 1.47. The van der Waals surface area contributed by atoms with Crippen LogP contribution in [-0.2, 0) is 4.79 Å². The number of nitrogens with one attached hydrogen (secondary N) is 2. The van der Waals surface area contributed by atoms with Gasteiger partial charge in [-0.3, -0.25) is 14.8 Å². The number of benzene rings is 1. The van der Waals surface area contributed by atoms with Crippen molar-refractivity contribution >= 4 is 40.5 Å². The van der Waals surface area contributed by atoms with Gasteiger partial charge >= 0.3 is 0 Å². The van der Waals surface area contributed by atoms with Gasteiger partial charge in [-0.2, -0.15) is 5.10 Å². The number of carbonyl (C=O) groups excluding carboxylic acids is 1. The van der Waals surface area contributed by atoms with Gasteiger partial charge in [0, 0.05) is 39.6 Å². The second kappa shape index (κ2) is 13.4. The van der Waals surface area contributed by atoms with E-state index in [1.807, 2.05) is 24.3 Å². The predicted octanol–water partition coefficient (Wildman–Crippen LogP) is 4.64. The number of likely N-dealkylation sites (N-methyl/N-ethyl adjacent to an activating group) is 1. The van der Waals surface area contributed by atoms with E-state index in [-0.39, 0.29) is 19.1 Å². The standard InChI is InChI=1S/C30H34N8O3/c1-19(2)20-12-29(37-34-15-20)36-28-10-9-26-27(35-28)11-21(14-33-26)24(16-32-3)25(31)17-40-22-7-6-8-23(13-22)41-18-30(39)38(4)5/h6-16,19,24,31H,17-18H2,1-5H3,(H,35,36,37). The second-order valence-corrected chi connectivity index (χ2v) is 9.91. The quantitative estimate of drug-likeness (QED) is 0.242. The molecule has 0 aliphatic carbocycles. The minimum Gasteiger partial charge on any atom is -0.488 e. The molecule has 3 heterocycles. The monoisotopic (exact) mass is 554 g/mol. The summed E-state index contributed by atoms with van der Waals surface area (Å²) < 4.78 is 11.5. The highest BCUT2D eigenvalue weighted by molar-refractivity contribution is 6.03. The lowest BCUT2D eigenvalue weighted by Gasteiger charge is -2.16. The number of nitrogens with zero attached hydrogens (tertiary/aromatic N) is 6. The first-order valence-electron chi connectivity index (χ1n) is 13.1. The number of anilines is 2. The maximum absolute atomic E-state index is 11.8. The smallest absolute Gasteiger partial charge is 0.259 e. The van der Waals surface area contributed by atoms with E-state index in [1.54, 1.807) is 64.0 Å². The Morgan fingerprint density at radius 3 is 2.46 bits per heavy atom. The average Bonchev–Trinajstić information content (AvgIpc) is 2.97. The highest BCUT2D eigenvalue weighted by Crippen LogP contribution is 2.24. The molecule has 1 aromatic carbocycles. The maximum atomic E-state index is 11.8. The summed E-state index contributed by atoms with van der Waals surface area (Å²) in [6.07, 6.45) is 5.18. The van der Waals surface area contributed by atoms with Crippen LogP contribution in [0.1, 0.15) is 36.8 Å². The molecular weight excluding hydrogens is 520 g/mol. The van der Waals surface area contributed by atoms with Crippen LogP contribution in [-0.4, -0.2) is 77.3 Å².